The molecule has 0 bridgehead atoms. The largest absolute Gasteiger partial charge is 0.483 e. The summed E-state index contributed by atoms with van der Waals surface area (Å²) in [7, 11) is 0. The number of hydrogen-bond donors (Lipinski definition) is 0. The van der Waals surface area contributed by atoms with Gasteiger partial charge in [0.05, 0.1) is 16.7 Å². The van der Waals surface area contributed by atoms with Gasteiger partial charge in [0.25, 0.3) is 0 Å². The van der Waals surface area contributed by atoms with Gasteiger partial charge in [0, 0.05) is 16.3 Å². The predicted octanol–water partition coefficient (Wildman–Crippen LogP) is 6.48. The summed E-state index contributed by atoms with van der Waals surface area (Å²) in [6, 6.07) is 29.0. The lowest BCUT2D eigenvalue weighted by Crippen LogP contribution is -2.12. The highest BCUT2D eigenvalue weighted by molar-refractivity contribution is 6.09. The standard InChI is InChI=1S/C26H16N2O2/c1-3-10-23-18(6-1)19-8-5-7-17(26(19)30-23)16-12-13-21-20(14-16)27-25-15-29-24-11-4-2-9-22(24)28(21)25/h1-14H,15H2. The number of hydrogen-bond acceptors (Lipinski definition) is 3. The molecule has 0 amide bonds. The molecule has 7 rings (SSSR count). The first kappa shape index (κ1) is 15.8. The van der Waals surface area contributed by atoms with E-state index < -0.39 is 0 Å². The van der Waals surface area contributed by atoms with Crippen molar-refractivity contribution in [3.8, 4) is 22.6 Å². The molecule has 1 aliphatic rings. The molecule has 0 saturated carbocycles. The normalized spacial score (nSPS) is 12.8. The van der Waals surface area contributed by atoms with Gasteiger partial charge in [-0.2, -0.15) is 0 Å². The van der Waals surface area contributed by atoms with Crippen LogP contribution in [0.15, 0.2) is 89.3 Å². The minimum atomic E-state index is 0.472. The number of para-hydroxylation sites is 4. The number of furan rings is 1. The third-order valence-electron chi connectivity index (χ3n) is 5.90. The topological polar surface area (TPSA) is 40.2 Å². The Morgan fingerprint density at radius 2 is 1.67 bits per heavy atom. The number of ether oxygens (including phenoxy) is 1. The molecule has 30 heavy (non-hydrogen) atoms. The molecule has 4 aromatic carbocycles. The molecule has 0 atom stereocenters. The summed E-state index contributed by atoms with van der Waals surface area (Å²) in [6.45, 7) is 0.472. The lowest BCUT2D eigenvalue weighted by Gasteiger charge is -2.19. The SMILES string of the molecule is c1ccc2c(c1)OCc1nc3cc(-c4cccc5c4oc4ccccc45)ccc3n1-2. The second-order valence-corrected chi connectivity index (χ2v) is 7.60. The number of imidazole rings is 1. The molecular formula is C26H16N2O2. The first-order valence-electron chi connectivity index (χ1n) is 10.0. The van der Waals surface area contributed by atoms with Crippen LogP contribution in [-0.2, 0) is 6.61 Å². The molecule has 2 aromatic heterocycles. The van der Waals surface area contributed by atoms with Crippen LogP contribution in [0.25, 0.3) is 49.8 Å². The Balaban J connectivity index is 1.46. The Bertz CT molecular complexity index is 1610. The fourth-order valence-corrected chi connectivity index (χ4v) is 4.54. The highest BCUT2D eigenvalue weighted by Gasteiger charge is 2.21. The van der Waals surface area contributed by atoms with Crippen LogP contribution in [0.5, 0.6) is 5.75 Å². The molecule has 1 aliphatic heterocycles. The fourth-order valence-electron chi connectivity index (χ4n) is 4.54. The zero-order valence-corrected chi connectivity index (χ0v) is 16.0. The molecule has 0 N–H and O–H groups in total. The van der Waals surface area contributed by atoms with E-state index in [9.17, 15) is 0 Å². The van der Waals surface area contributed by atoms with E-state index in [0.29, 0.717) is 6.61 Å². The monoisotopic (exact) mass is 388 g/mol. The highest BCUT2D eigenvalue weighted by Crippen LogP contribution is 2.38. The quantitative estimate of drug-likeness (QED) is 0.323. The Hall–Kier alpha value is -4.05. The summed E-state index contributed by atoms with van der Waals surface area (Å²) in [5.74, 6) is 1.81. The Morgan fingerprint density at radius 3 is 2.67 bits per heavy atom. The van der Waals surface area contributed by atoms with Crippen LogP contribution in [0.3, 0.4) is 0 Å². The van der Waals surface area contributed by atoms with E-state index >= 15 is 0 Å². The van der Waals surface area contributed by atoms with Crippen LogP contribution < -0.4 is 4.74 Å². The van der Waals surface area contributed by atoms with E-state index in [4.69, 9.17) is 14.1 Å². The van der Waals surface area contributed by atoms with Gasteiger partial charge in [-0.15, -0.1) is 0 Å². The molecule has 0 unspecified atom stereocenters. The van der Waals surface area contributed by atoms with Gasteiger partial charge in [0.2, 0.25) is 0 Å². The maximum Gasteiger partial charge on any atom is 0.152 e. The highest BCUT2D eigenvalue weighted by atomic mass is 16.5. The molecule has 3 heterocycles. The zero-order valence-electron chi connectivity index (χ0n) is 16.0. The predicted molar refractivity (Wildman–Crippen MR) is 118 cm³/mol. The van der Waals surface area contributed by atoms with Crippen LogP contribution in [0.4, 0.5) is 0 Å². The van der Waals surface area contributed by atoms with Crippen molar-refractivity contribution < 1.29 is 9.15 Å². The molecular weight excluding hydrogens is 372 g/mol. The molecule has 0 aliphatic carbocycles. The summed E-state index contributed by atoms with van der Waals surface area (Å²) in [6.07, 6.45) is 0. The fraction of sp³-hybridized carbons (Fsp3) is 0.0385. The van der Waals surface area contributed by atoms with Crippen molar-refractivity contribution in [3.63, 3.8) is 0 Å². The molecule has 142 valence electrons. The van der Waals surface area contributed by atoms with E-state index in [1.54, 1.807) is 0 Å². The van der Waals surface area contributed by atoms with Crippen molar-refractivity contribution in [1.82, 2.24) is 9.55 Å². The lowest BCUT2D eigenvalue weighted by molar-refractivity contribution is 0.280. The molecule has 4 heteroatoms. The Morgan fingerprint density at radius 1 is 0.800 bits per heavy atom. The summed E-state index contributed by atoms with van der Waals surface area (Å²) < 4.78 is 14.3. The number of benzene rings is 4. The summed E-state index contributed by atoms with van der Waals surface area (Å²) in [4.78, 5) is 4.87. The maximum absolute atomic E-state index is 6.23. The summed E-state index contributed by atoms with van der Waals surface area (Å²) in [5.41, 5.74) is 7.07. The van der Waals surface area contributed by atoms with Crippen LogP contribution in [-0.4, -0.2) is 9.55 Å². The second-order valence-electron chi connectivity index (χ2n) is 7.60. The second kappa shape index (κ2) is 5.74. The van der Waals surface area contributed by atoms with Gasteiger partial charge in [-0.1, -0.05) is 54.6 Å². The van der Waals surface area contributed by atoms with Crippen LogP contribution in [0, 0.1) is 0 Å². The maximum atomic E-state index is 6.23. The van der Waals surface area contributed by atoms with E-state index in [2.05, 4.69) is 53.1 Å². The first-order valence-corrected chi connectivity index (χ1v) is 10.0. The van der Waals surface area contributed by atoms with E-state index in [-0.39, 0.29) is 0 Å². The average molecular weight is 388 g/mol. The van der Waals surface area contributed by atoms with Gasteiger partial charge >= 0.3 is 0 Å². The van der Waals surface area contributed by atoms with Gasteiger partial charge in [-0.25, -0.2) is 4.98 Å². The van der Waals surface area contributed by atoms with Crippen molar-refractivity contribution in [3.05, 3.63) is 90.8 Å². The van der Waals surface area contributed by atoms with E-state index in [1.165, 1.54) is 0 Å². The number of rotatable bonds is 1. The van der Waals surface area contributed by atoms with Gasteiger partial charge in [-0.3, -0.25) is 4.57 Å². The van der Waals surface area contributed by atoms with Gasteiger partial charge in [-0.05, 0) is 35.9 Å². The van der Waals surface area contributed by atoms with Gasteiger partial charge in [0.1, 0.15) is 23.5 Å². The van der Waals surface area contributed by atoms with Gasteiger partial charge in [0.15, 0.2) is 5.82 Å². The number of nitrogens with zero attached hydrogens (tertiary/aromatic N) is 2. The molecule has 6 aromatic rings. The smallest absolute Gasteiger partial charge is 0.152 e. The third kappa shape index (κ3) is 2.08. The van der Waals surface area contributed by atoms with E-state index in [1.807, 2.05) is 36.4 Å². The van der Waals surface area contributed by atoms with Crippen molar-refractivity contribution in [2.75, 3.05) is 0 Å². The summed E-state index contributed by atoms with van der Waals surface area (Å²) >= 11 is 0. The van der Waals surface area contributed by atoms with Crippen LogP contribution >= 0.6 is 0 Å². The van der Waals surface area contributed by atoms with E-state index in [0.717, 1.165) is 61.4 Å². The first-order chi connectivity index (χ1) is 14.9. The number of aromatic nitrogens is 2. The lowest BCUT2D eigenvalue weighted by atomic mass is 10.0. The van der Waals surface area contributed by atoms with Crippen LogP contribution in [0.2, 0.25) is 0 Å². The average Bonchev–Trinajstić information content (AvgIpc) is 3.37. The minimum Gasteiger partial charge on any atom is -0.483 e. The van der Waals surface area contributed by atoms with Crippen molar-refractivity contribution in [2.24, 2.45) is 0 Å². The Kier molecular flexibility index (Phi) is 3.03. The van der Waals surface area contributed by atoms with Crippen molar-refractivity contribution in [2.45, 2.75) is 6.61 Å². The van der Waals surface area contributed by atoms with Gasteiger partial charge < -0.3 is 9.15 Å². The van der Waals surface area contributed by atoms with Crippen molar-refractivity contribution >= 4 is 33.0 Å². The van der Waals surface area contributed by atoms with Crippen LogP contribution in [0.1, 0.15) is 5.82 Å². The summed E-state index contributed by atoms with van der Waals surface area (Å²) in [5, 5.41) is 2.27. The minimum absolute atomic E-state index is 0.472. The number of fused-ring (bicyclic) bond motifs is 8. The molecule has 4 nitrogen and oxygen atoms in total. The molecule has 0 saturated heterocycles. The zero-order chi connectivity index (χ0) is 19.7. The Labute approximate surface area is 171 Å². The van der Waals surface area contributed by atoms with Crippen molar-refractivity contribution in [1.29, 1.82) is 0 Å². The molecule has 0 spiro atoms. The molecule has 0 fully saturated rings. The third-order valence-corrected chi connectivity index (χ3v) is 5.90. The molecule has 0 radical (unpaired) electrons.